The monoisotopic (exact) mass is 481 g/mol. The summed E-state index contributed by atoms with van der Waals surface area (Å²) in [6, 6.07) is 10.9. The number of primary sulfonamides is 1. The van der Waals surface area contributed by atoms with Crippen molar-refractivity contribution in [3.63, 3.8) is 0 Å². The molecule has 1 amide bonds. The standard InChI is InChI=1S/C21H27N3O6S2/c1-15-5-10-19(30-2)20(12-15)32(28,29)24-11-3-4-17(14-24)21(25)23-13-16-6-8-18(9-7-16)31(22,26)27/h5-10,12,17H,3-4,11,13-14H2,1-2H3,(H,23,25)(H2,22,26,27). The van der Waals surface area contributed by atoms with Crippen molar-refractivity contribution in [2.24, 2.45) is 11.1 Å². The van der Waals surface area contributed by atoms with E-state index >= 15 is 0 Å². The first-order valence-corrected chi connectivity index (χ1v) is 13.1. The van der Waals surface area contributed by atoms with E-state index < -0.39 is 26.0 Å². The average molecular weight is 482 g/mol. The molecule has 1 aliphatic heterocycles. The summed E-state index contributed by atoms with van der Waals surface area (Å²) in [6.45, 7) is 2.41. The van der Waals surface area contributed by atoms with Gasteiger partial charge in [-0.1, -0.05) is 18.2 Å². The maximum absolute atomic E-state index is 13.2. The van der Waals surface area contributed by atoms with Crippen molar-refractivity contribution < 1.29 is 26.4 Å². The Morgan fingerprint density at radius 2 is 1.84 bits per heavy atom. The molecule has 0 aliphatic carbocycles. The number of nitrogens with zero attached hydrogens (tertiary/aromatic N) is 1. The molecule has 0 aromatic heterocycles. The maximum atomic E-state index is 13.2. The lowest BCUT2D eigenvalue weighted by Gasteiger charge is -2.31. The van der Waals surface area contributed by atoms with Gasteiger partial charge >= 0.3 is 0 Å². The molecular formula is C21H27N3O6S2. The number of carbonyl (C=O) groups is 1. The van der Waals surface area contributed by atoms with E-state index in [1.165, 1.54) is 23.5 Å². The summed E-state index contributed by atoms with van der Waals surface area (Å²) in [6.07, 6.45) is 1.14. The van der Waals surface area contributed by atoms with Crippen molar-refractivity contribution in [3.05, 3.63) is 53.6 Å². The molecule has 1 atom stereocenters. The zero-order valence-electron chi connectivity index (χ0n) is 17.9. The molecule has 3 N–H and O–H groups in total. The quantitative estimate of drug-likeness (QED) is 0.613. The molecule has 1 unspecified atom stereocenters. The second-order valence-corrected chi connectivity index (χ2v) is 11.2. The van der Waals surface area contributed by atoms with Gasteiger partial charge in [0.2, 0.25) is 26.0 Å². The summed E-state index contributed by atoms with van der Waals surface area (Å²) in [4.78, 5) is 12.8. The Balaban J connectivity index is 1.68. The Hall–Kier alpha value is -2.47. The minimum absolute atomic E-state index is 0.00715. The van der Waals surface area contributed by atoms with Crippen LogP contribution in [-0.4, -0.2) is 47.2 Å². The van der Waals surface area contributed by atoms with Crippen molar-refractivity contribution in [2.75, 3.05) is 20.2 Å². The molecule has 2 aromatic rings. The molecule has 0 radical (unpaired) electrons. The van der Waals surface area contributed by atoms with Gasteiger partial charge in [-0.15, -0.1) is 0 Å². The van der Waals surface area contributed by atoms with Crippen LogP contribution in [0.2, 0.25) is 0 Å². The van der Waals surface area contributed by atoms with Crippen LogP contribution in [0, 0.1) is 12.8 Å². The van der Waals surface area contributed by atoms with Crippen LogP contribution in [0.3, 0.4) is 0 Å². The summed E-state index contributed by atoms with van der Waals surface area (Å²) in [7, 11) is -6.18. The predicted molar refractivity (Wildman–Crippen MR) is 119 cm³/mol. The molecule has 9 nitrogen and oxygen atoms in total. The number of hydrogen-bond acceptors (Lipinski definition) is 6. The van der Waals surface area contributed by atoms with Gasteiger partial charge in [-0.05, 0) is 55.2 Å². The first kappa shape index (κ1) is 24.2. The first-order chi connectivity index (χ1) is 15.0. The molecule has 1 saturated heterocycles. The van der Waals surface area contributed by atoms with Gasteiger partial charge < -0.3 is 10.1 Å². The second-order valence-electron chi connectivity index (χ2n) is 7.76. The summed E-state index contributed by atoms with van der Waals surface area (Å²) >= 11 is 0. The number of rotatable bonds is 7. The third kappa shape index (κ3) is 5.47. The zero-order chi connectivity index (χ0) is 23.5. The number of ether oxygens (including phenoxy) is 1. The highest BCUT2D eigenvalue weighted by Crippen LogP contribution is 2.30. The molecule has 3 rings (SSSR count). The topological polar surface area (TPSA) is 136 Å². The highest BCUT2D eigenvalue weighted by atomic mass is 32.2. The van der Waals surface area contributed by atoms with Crippen LogP contribution in [0.1, 0.15) is 24.0 Å². The number of piperidine rings is 1. The van der Waals surface area contributed by atoms with Gasteiger partial charge in [-0.2, -0.15) is 4.31 Å². The lowest BCUT2D eigenvalue weighted by molar-refractivity contribution is -0.126. The fourth-order valence-electron chi connectivity index (χ4n) is 3.63. The lowest BCUT2D eigenvalue weighted by atomic mass is 9.99. The summed E-state index contributed by atoms with van der Waals surface area (Å²) in [5.41, 5.74) is 1.50. The minimum Gasteiger partial charge on any atom is -0.495 e. The van der Waals surface area contributed by atoms with Crippen LogP contribution in [0.4, 0.5) is 0 Å². The number of methoxy groups -OCH3 is 1. The van der Waals surface area contributed by atoms with Gasteiger partial charge in [0.15, 0.2) is 0 Å². The Morgan fingerprint density at radius 3 is 2.47 bits per heavy atom. The second kappa shape index (κ2) is 9.57. The van der Waals surface area contributed by atoms with Gasteiger partial charge in [-0.25, -0.2) is 22.0 Å². The zero-order valence-corrected chi connectivity index (χ0v) is 19.6. The third-order valence-corrected chi connectivity index (χ3v) is 8.23. The Morgan fingerprint density at radius 1 is 1.16 bits per heavy atom. The SMILES string of the molecule is COc1ccc(C)cc1S(=O)(=O)N1CCCC(C(=O)NCc2ccc(S(N)(=O)=O)cc2)C1. The van der Waals surface area contributed by atoms with Crippen molar-refractivity contribution in [3.8, 4) is 5.75 Å². The number of hydrogen-bond donors (Lipinski definition) is 2. The number of nitrogens with two attached hydrogens (primary N) is 1. The molecule has 11 heteroatoms. The van der Waals surface area contributed by atoms with Crippen LogP contribution in [0.25, 0.3) is 0 Å². The normalized spacial score (nSPS) is 17.7. The molecule has 1 fully saturated rings. The van der Waals surface area contributed by atoms with E-state index in [0.717, 1.165) is 5.56 Å². The molecule has 1 heterocycles. The van der Waals surface area contributed by atoms with Crippen LogP contribution in [0.5, 0.6) is 5.75 Å². The van der Waals surface area contributed by atoms with Gasteiger partial charge in [-0.3, -0.25) is 4.79 Å². The van der Waals surface area contributed by atoms with Crippen LogP contribution in [-0.2, 0) is 31.4 Å². The van der Waals surface area contributed by atoms with E-state index in [0.29, 0.717) is 24.9 Å². The Kier molecular flexibility index (Phi) is 7.23. The summed E-state index contributed by atoms with van der Waals surface area (Å²) in [5, 5.41) is 7.89. The van der Waals surface area contributed by atoms with Gasteiger partial charge in [0.25, 0.3) is 0 Å². The van der Waals surface area contributed by atoms with Crippen LogP contribution >= 0.6 is 0 Å². The van der Waals surface area contributed by atoms with E-state index in [9.17, 15) is 21.6 Å². The molecule has 0 spiro atoms. The van der Waals surface area contributed by atoms with E-state index in [2.05, 4.69) is 5.32 Å². The van der Waals surface area contributed by atoms with Crippen molar-refractivity contribution in [2.45, 2.75) is 36.1 Å². The van der Waals surface area contributed by atoms with E-state index in [4.69, 9.17) is 9.88 Å². The number of aryl methyl sites for hydroxylation is 1. The minimum atomic E-state index is -3.82. The van der Waals surface area contributed by atoms with E-state index in [1.54, 1.807) is 37.3 Å². The third-order valence-electron chi connectivity index (χ3n) is 5.41. The number of carbonyl (C=O) groups excluding carboxylic acids is 1. The lowest BCUT2D eigenvalue weighted by Crippen LogP contribution is -2.45. The van der Waals surface area contributed by atoms with Crippen LogP contribution < -0.4 is 15.2 Å². The highest BCUT2D eigenvalue weighted by molar-refractivity contribution is 7.89. The summed E-state index contributed by atoms with van der Waals surface area (Å²) < 4.78 is 55.7. The number of nitrogens with one attached hydrogen (secondary N) is 1. The van der Waals surface area contributed by atoms with Gasteiger partial charge in [0.05, 0.1) is 17.9 Å². The average Bonchev–Trinajstić information content (AvgIpc) is 2.77. The predicted octanol–water partition coefficient (Wildman–Crippen LogP) is 1.37. The van der Waals surface area contributed by atoms with Crippen molar-refractivity contribution >= 4 is 26.0 Å². The Labute approximate surface area is 188 Å². The number of amides is 1. The van der Waals surface area contributed by atoms with Gasteiger partial charge in [0.1, 0.15) is 10.6 Å². The van der Waals surface area contributed by atoms with Gasteiger partial charge in [0, 0.05) is 19.6 Å². The highest BCUT2D eigenvalue weighted by Gasteiger charge is 2.34. The van der Waals surface area contributed by atoms with E-state index in [-0.39, 0.29) is 34.5 Å². The van der Waals surface area contributed by atoms with Crippen molar-refractivity contribution in [1.29, 1.82) is 0 Å². The molecule has 2 aromatic carbocycles. The molecule has 32 heavy (non-hydrogen) atoms. The molecule has 0 bridgehead atoms. The smallest absolute Gasteiger partial charge is 0.246 e. The molecule has 174 valence electrons. The first-order valence-electron chi connectivity index (χ1n) is 10.1. The van der Waals surface area contributed by atoms with E-state index in [1.807, 2.05) is 0 Å². The number of benzene rings is 2. The van der Waals surface area contributed by atoms with Crippen LogP contribution in [0.15, 0.2) is 52.3 Å². The summed E-state index contributed by atoms with van der Waals surface area (Å²) in [5.74, 6) is -0.472. The molecule has 1 aliphatic rings. The largest absolute Gasteiger partial charge is 0.495 e. The number of sulfonamides is 2. The van der Waals surface area contributed by atoms with Crippen molar-refractivity contribution in [1.82, 2.24) is 9.62 Å². The maximum Gasteiger partial charge on any atom is 0.246 e. The Bertz CT molecular complexity index is 1190. The molecule has 0 saturated carbocycles. The molecular weight excluding hydrogens is 454 g/mol. The fraction of sp³-hybridized carbons (Fsp3) is 0.381. The fourth-order valence-corrected chi connectivity index (χ4v) is 5.91.